The van der Waals surface area contributed by atoms with Gasteiger partial charge in [-0.2, -0.15) is 0 Å². The van der Waals surface area contributed by atoms with Crippen LogP contribution in [-0.2, 0) is 9.53 Å². The average Bonchev–Trinajstić information content (AvgIpc) is 2.38. The Morgan fingerprint density at radius 1 is 1.44 bits per heavy atom. The van der Waals surface area contributed by atoms with Crippen molar-refractivity contribution >= 4 is 40.8 Å². The lowest BCUT2D eigenvalue weighted by molar-refractivity contribution is -0.118. The molecule has 0 spiro atoms. The van der Waals surface area contributed by atoms with Crippen LogP contribution < -0.4 is 5.32 Å². The van der Waals surface area contributed by atoms with E-state index in [-0.39, 0.29) is 28.3 Å². The third-order valence-electron chi connectivity index (χ3n) is 2.32. The van der Waals surface area contributed by atoms with Crippen LogP contribution in [0.2, 0.25) is 5.02 Å². The Labute approximate surface area is 115 Å². The zero-order valence-corrected chi connectivity index (χ0v) is 11.5. The number of anilines is 1. The van der Waals surface area contributed by atoms with E-state index in [2.05, 4.69) is 10.1 Å². The van der Waals surface area contributed by atoms with Crippen molar-refractivity contribution in [3.05, 3.63) is 28.8 Å². The van der Waals surface area contributed by atoms with Crippen molar-refractivity contribution in [2.75, 3.05) is 18.3 Å². The average molecular weight is 290 g/mol. The molecule has 6 heteroatoms. The van der Waals surface area contributed by atoms with Gasteiger partial charge in [0.05, 0.1) is 17.7 Å². The standard InChI is InChI=1S/C12H13Cl2NO3/c1-7(6-13)11(16)15-8-3-4-10(14)9(5-8)12(17)18-2/h3-5,7H,6H2,1-2H3,(H,15,16). The minimum Gasteiger partial charge on any atom is -0.465 e. The molecule has 0 aromatic heterocycles. The second-order valence-corrected chi connectivity index (χ2v) is 4.45. The van der Waals surface area contributed by atoms with Crippen molar-refractivity contribution in [3.8, 4) is 0 Å². The Morgan fingerprint density at radius 2 is 2.11 bits per heavy atom. The van der Waals surface area contributed by atoms with Gasteiger partial charge in [0.1, 0.15) is 0 Å². The van der Waals surface area contributed by atoms with Crippen molar-refractivity contribution in [3.63, 3.8) is 0 Å². The maximum Gasteiger partial charge on any atom is 0.339 e. The number of nitrogens with one attached hydrogen (secondary N) is 1. The largest absolute Gasteiger partial charge is 0.465 e. The maximum atomic E-state index is 11.6. The highest BCUT2D eigenvalue weighted by molar-refractivity contribution is 6.33. The fourth-order valence-electron chi connectivity index (χ4n) is 1.20. The molecule has 1 aromatic rings. The number of alkyl halides is 1. The number of benzene rings is 1. The quantitative estimate of drug-likeness (QED) is 0.685. The van der Waals surface area contributed by atoms with Crippen LogP contribution in [0, 0.1) is 5.92 Å². The van der Waals surface area contributed by atoms with Crippen LogP contribution in [-0.4, -0.2) is 24.9 Å². The van der Waals surface area contributed by atoms with Gasteiger partial charge in [0.15, 0.2) is 0 Å². The lowest BCUT2D eigenvalue weighted by Crippen LogP contribution is -2.21. The van der Waals surface area contributed by atoms with Gasteiger partial charge in [-0.1, -0.05) is 18.5 Å². The van der Waals surface area contributed by atoms with Crippen LogP contribution in [0.5, 0.6) is 0 Å². The lowest BCUT2D eigenvalue weighted by atomic mass is 10.1. The second kappa shape index (κ2) is 6.61. The molecule has 0 aliphatic rings. The zero-order chi connectivity index (χ0) is 13.7. The first-order chi connectivity index (χ1) is 8.49. The number of hydrogen-bond donors (Lipinski definition) is 1. The molecule has 1 atom stereocenters. The van der Waals surface area contributed by atoms with Gasteiger partial charge in [0.2, 0.25) is 5.91 Å². The van der Waals surface area contributed by atoms with E-state index in [1.807, 2.05) is 0 Å². The Balaban J connectivity index is 2.92. The maximum absolute atomic E-state index is 11.6. The van der Waals surface area contributed by atoms with Crippen molar-refractivity contribution < 1.29 is 14.3 Å². The number of hydrogen-bond acceptors (Lipinski definition) is 3. The fourth-order valence-corrected chi connectivity index (χ4v) is 1.54. The van der Waals surface area contributed by atoms with E-state index in [1.165, 1.54) is 19.2 Å². The third-order valence-corrected chi connectivity index (χ3v) is 3.11. The van der Waals surface area contributed by atoms with E-state index < -0.39 is 5.97 Å². The molecular weight excluding hydrogens is 277 g/mol. The summed E-state index contributed by atoms with van der Waals surface area (Å²) in [5.74, 6) is -0.864. The molecule has 0 heterocycles. The van der Waals surface area contributed by atoms with Gasteiger partial charge in [-0.3, -0.25) is 4.79 Å². The van der Waals surface area contributed by atoms with Crippen LogP contribution in [0.1, 0.15) is 17.3 Å². The number of carbonyl (C=O) groups excluding carboxylic acids is 2. The molecule has 1 aromatic carbocycles. The molecule has 0 saturated heterocycles. The number of esters is 1. The summed E-state index contributed by atoms with van der Waals surface area (Å²) in [5, 5.41) is 2.92. The van der Waals surface area contributed by atoms with Gasteiger partial charge in [0, 0.05) is 17.5 Å². The molecule has 18 heavy (non-hydrogen) atoms. The van der Waals surface area contributed by atoms with Gasteiger partial charge >= 0.3 is 5.97 Å². The molecule has 4 nitrogen and oxygen atoms in total. The molecule has 0 saturated carbocycles. The van der Waals surface area contributed by atoms with Crippen LogP contribution in [0.3, 0.4) is 0 Å². The highest BCUT2D eigenvalue weighted by atomic mass is 35.5. The smallest absolute Gasteiger partial charge is 0.339 e. The van der Waals surface area contributed by atoms with E-state index in [0.717, 1.165) is 0 Å². The molecule has 1 rings (SSSR count). The van der Waals surface area contributed by atoms with Gasteiger partial charge in [-0.25, -0.2) is 4.79 Å². The predicted molar refractivity (Wildman–Crippen MR) is 71.3 cm³/mol. The Hall–Kier alpha value is -1.26. The molecule has 1 unspecified atom stereocenters. The highest BCUT2D eigenvalue weighted by Crippen LogP contribution is 2.21. The number of methoxy groups -OCH3 is 1. The molecule has 0 fully saturated rings. The fraction of sp³-hybridized carbons (Fsp3) is 0.333. The van der Waals surface area contributed by atoms with Gasteiger partial charge in [0.25, 0.3) is 0 Å². The minimum absolute atomic E-state index is 0.204. The Bertz CT molecular complexity index is 463. The van der Waals surface area contributed by atoms with E-state index in [4.69, 9.17) is 23.2 Å². The van der Waals surface area contributed by atoms with Crippen molar-refractivity contribution in [1.29, 1.82) is 0 Å². The van der Waals surface area contributed by atoms with Crippen LogP contribution in [0.25, 0.3) is 0 Å². The molecule has 1 N–H and O–H groups in total. The summed E-state index contributed by atoms with van der Waals surface area (Å²) in [4.78, 5) is 23.1. The summed E-state index contributed by atoms with van der Waals surface area (Å²) >= 11 is 11.4. The van der Waals surface area contributed by atoms with Crippen molar-refractivity contribution in [2.24, 2.45) is 5.92 Å². The minimum atomic E-state index is -0.554. The molecule has 0 aliphatic carbocycles. The number of carbonyl (C=O) groups is 2. The summed E-state index contributed by atoms with van der Waals surface area (Å²) in [6.07, 6.45) is 0. The number of amides is 1. The van der Waals surface area contributed by atoms with E-state index in [9.17, 15) is 9.59 Å². The van der Waals surface area contributed by atoms with E-state index in [0.29, 0.717) is 5.69 Å². The van der Waals surface area contributed by atoms with E-state index in [1.54, 1.807) is 13.0 Å². The lowest BCUT2D eigenvalue weighted by Gasteiger charge is -2.10. The first kappa shape index (κ1) is 14.8. The summed E-state index contributed by atoms with van der Waals surface area (Å²) in [6.45, 7) is 1.71. The molecule has 0 aliphatic heterocycles. The molecule has 1 amide bonds. The van der Waals surface area contributed by atoms with Crippen LogP contribution in [0.4, 0.5) is 5.69 Å². The van der Waals surface area contributed by atoms with Crippen LogP contribution >= 0.6 is 23.2 Å². The molecule has 0 bridgehead atoms. The SMILES string of the molecule is COC(=O)c1cc(NC(=O)C(C)CCl)ccc1Cl. The number of halogens is 2. The topological polar surface area (TPSA) is 55.4 Å². The summed E-state index contributed by atoms with van der Waals surface area (Å²) in [7, 11) is 1.26. The Morgan fingerprint density at radius 3 is 2.67 bits per heavy atom. The van der Waals surface area contributed by atoms with Crippen molar-refractivity contribution in [2.45, 2.75) is 6.92 Å². The van der Waals surface area contributed by atoms with Crippen LogP contribution in [0.15, 0.2) is 18.2 Å². The highest BCUT2D eigenvalue weighted by Gasteiger charge is 2.15. The first-order valence-electron chi connectivity index (χ1n) is 5.24. The third kappa shape index (κ3) is 3.62. The normalized spacial score (nSPS) is 11.8. The Kier molecular flexibility index (Phi) is 5.44. The summed E-state index contributed by atoms with van der Waals surface area (Å²) in [5.41, 5.74) is 0.678. The van der Waals surface area contributed by atoms with Crippen molar-refractivity contribution in [1.82, 2.24) is 0 Å². The first-order valence-corrected chi connectivity index (χ1v) is 6.15. The molecule has 98 valence electrons. The molecule has 0 radical (unpaired) electrons. The monoisotopic (exact) mass is 289 g/mol. The number of rotatable bonds is 4. The second-order valence-electron chi connectivity index (χ2n) is 3.73. The van der Waals surface area contributed by atoms with E-state index >= 15 is 0 Å². The number of ether oxygens (including phenoxy) is 1. The molecular formula is C12H13Cl2NO3. The summed E-state index contributed by atoms with van der Waals surface area (Å²) < 4.78 is 4.59. The van der Waals surface area contributed by atoms with Gasteiger partial charge in [-0.05, 0) is 18.2 Å². The van der Waals surface area contributed by atoms with Gasteiger partial charge < -0.3 is 10.1 Å². The van der Waals surface area contributed by atoms with Gasteiger partial charge in [-0.15, -0.1) is 11.6 Å². The zero-order valence-electron chi connectivity index (χ0n) is 10.00. The summed E-state index contributed by atoms with van der Waals surface area (Å²) in [6, 6.07) is 4.59. The predicted octanol–water partition coefficient (Wildman–Crippen LogP) is 2.94.